The Hall–Kier alpha value is -3.75. The van der Waals surface area contributed by atoms with Crippen LogP contribution in [0.1, 0.15) is 11.1 Å². The highest BCUT2D eigenvalue weighted by atomic mass is 35.5. The number of benzene rings is 3. The van der Waals surface area contributed by atoms with Crippen LogP contribution in [0.4, 0.5) is 23.5 Å². The molecule has 1 saturated heterocycles. The number of nitrogens with one attached hydrogen (secondary N) is 2. The Labute approximate surface area is 202 Å². The van der Waals surface area contributed by atoms with Gasteiger partial charge in [-0.25, -0.2) is 5.43 Å². The second-order valence-electron chi connectivity index (χ2n) is 7.91. The predicted molar refractivity (Wildman–Crippen MR) is 137 cm³/mol. The molecule has 0 bridgehead atoms. The molecule has 0 amide bonds. The third-order valence-corrected chi connectivity index (χ3v) is 5.94. The first-order valence-electron chi connectivity index (χ1n) is 11.0. The molecule has 2 N–H and O–H groups in total. The van der Waals surface area contributed by atoms with Crippen LogP contribution < -0.4 is 15.6 Å². The van der Waals surface area contributed by atoms with Gasteiger partial charge < -0.3 is 15.0 Å². The van der Waals surface area contributed by atoms with E-state index in [1.807, 2.05) is 49.4 Å². The Morgan fingerprint density at radius 2 is 1.76 bits per heavy atom. The second-order valence-corrected chi connectivity index (χ2v) is 8.32. The lowest BCUT2D eigenvalue weighted by Gasteiger charge is -2.27. The molecule has 0 radical (unpaired) electrons. The van der Waals surface area contributed by atoms with Crippen LogP contribution in [-0.4, -0.2) is 47.5 Å². The van der Waals surface area contributed by atoms with E-state index in [0.29, 0.717) is 49.2 Å². The van der Waals surface area contributed by atoms with Gasteiger partial charge in [-0.2, -0.15) is 20.1 Å². The minimum Gasteiger partial charge on any atom is -0.378 e. The summed E-state index contributed by atoms with van der Waals surface area (Å²) in [6, 6.07) is 20.0. The molecule has 0 aliphatic carbocycles. The Morgan fingerprint density at radius 3 is 2.62 bits per heavy atom. The van der Waals surface area contributed by atoms with Crippen molar-refractivity contribution >= 4 is 52.1 Å². The van der Waals surface area contributed by atoms with Crippen molar-refractivity contribution in [3.05, 3.63) is 76.8 Å². The standard InChI is InChI=1S/C25H24ClN7O/c1-17-9-10-20(15-22(17)26)28-23-29-24(31-25(30-23)33-11-13-34-14-12-33)32-27-16-19-7-4-6-18-5-2-3-8-21(18)19/h2-10,15-16H,11-14H2,1H3,(H2,28,29,30,31,32)/b27-16+. The number of nitrogens with zero attached hydrogens (tertiary/aromatic N) is 5. The number of fused-ring (bicyclic) bond motifs is 1. The predicted octanol–water partition coefficient (Wildman–Crippen LogP) is 5.01. The molecule has 172 valence electrons. The molecular weight excluding hydrogens is 450 g/mol. The van der Waals surface area contributed by atoms with Gasteiger partial charge in [-0.1, -0.05) is 60.1 Å². The molecule has 9 heteroatoms. The fraction of sp³-hybridized carbons (Fsp3) is 0.200. The summed E-state index contributed by atoms with van der Waals surface area (Å²) in [7, 11) is 0. The van der Waals surface area contributed by atoms with E-state index in [1.54, 1.807) is 6.21 Å². The van der Waals surface area contributed by atoms with E-state index in [-0.39, 0.29) is 0 Å². The van der Waals surface area contributed by atoms with Crippen LogP contribution in [0.3, 0.4) is 0 Å². The number of ether oxygens (including phenoxy) is 1. The van der Waals surface area contributed by atoms with Crippen LogP contribution in [0.25, 0.3) is 10.8 Å². The summed E-state index contributed by atoms with van der Waals surface area (Å²) in [4.78, 5) is 15.8. The lowest BCUT2D eigenvalue weighted by molar-refractivity contribution is 0.122. The average molecular weight is 474 g/mol. The van der Waals surface area contributed by atoms with Gasteiger partial charge >= 0.3 is 0 Å². The number of hydrogen-bond acceptors (Lipinski definition) is 8. The van der Waals surface area contributed by atoms with Crippen molar-refractivity contribution in [1.29, 1.82) is 0 Å². The zero-order valence-corrected chi connectivity index (χ0v) is 19.5. The minimum atomic E-state index is 0.341. The second kappa shape index (κ2) is 10.0. The highest BCUT2D eigenvalue weighted by molar-refractivity contribution is 6.31. The fourth-order valence-electron chi connectivity index (χ4n) is 3.70. The van der Waals surface area contributed by atoms with Crippen LogP contribution >= 0.6 is 11.6 Å². The van der Waals surface area contributed by atoms with Crippen LogP contribution in [0.2, 0.25) is 5.02 Å². The van der Waals surface area contributed by atoms with Crippen molar-refractivity contribution in [2.75, 3.05) is 41.9 Å². The Balaban J connectivity index is 1.42. The third kappa shape index (κ3) is 5.08. The molecule has 5 rings (SSSR count). The molecule has 1 aliphatic rings. The first kappa shape index (κ1) is 22.1. The summed E-state index contributed by atoms with van der Waals surface area (Å²) in [6.45, 7) is 4.63. The van der Waals surface area contributed by atoms with Crippen molar-refractivity contribution in [1.82, 2.24) is 15.0 Å². The number of halogens is 1. The summed E-state index contributed by atoms with van der Waals surface area (Å²) in [5.74, 6) is 1.30. The van der Waals surface area contributed by atoms with Gasteiger partial charge in [0.15, 0.2) is 0 Å². The summed E-state index contributed by atoms with van der Waals surface area (Å²) in [6.07, 6.45) is 1.77. The van der Waals surface area contributed by atoms with Gasteiger partial charge in [0.05, 0.1) is 19.4 Å². The largest absolute Gasteiger partial charge is 0.378 e. The van der Waals surface area contributed by atoms with E-state index in [1.165, 1.54) is 0 Å². The van der Waals surface area contributed by atoms with Crippen molar-refractivity contribution < 1.29 is 4.74 Å². The van der Waals surface area contributed by atoms with Crippen molar-refractivity contribution in [2.24, 2.45) is 5.10 Å². The van der Waals surface area contributed by atoms with Gasteiger partial charge in [0, 0.05) is 29.4 Å². The maximum absolute atomic E-state index is 6.29. The summed E-state index contributed by atoms with van der Waals surface area (Å²) < 4.78 is 5.47. The topological polar surface area (TPSA) is 87.6 Å². The summed E-state index contributed by atoms with van der Waals surface area (Å²) in [5.41, 5.74) is 5.76. The monoisotopic (exact) mass is 473 g/mol. The highest BCUT2D eigenvalue weighted by Gasteiger charge is 2.17. The van der Waals surface area contributed by atoms with E-state index < -0.39 is 0 Å². The Bertz CT molecular complexity index is 1330. The number of aryl methyl sites for hydroxylation is 1. The molecule has 4 aromatic rings. The first-order chi connectivity index (χ1) is 16.7. The molecule has 34 heavy (non-hydrogen) atoms. The van der Waals surface area contributed by atoms with E-state index in [9.17, 15) is 0 Å². The number of rotatable bonds is 6. The number of hydrazone groups is 1. The molecule has 0 atom stereocenters. The lowest BCUT2D eigenvalue weighted by Crippen LogP contribution is -2.37. The zero-order valence-electron chi connectivity index (χ0n) is 18.7. The Kier molecular flexibility index (Phi) is 6.51. The highest BCUT2D eigenvalue weighted by Crippen LogP contribution is 2.23. The number of hydrogen-bond donors (Lipinski definition) is 2. The fourth-order valence-corrected chi connectivity index (χ4v) is 3.88. The van der Waals surface area contributed by atoms with Crippen molar-refractivity contribution in [3.8, 4) is 0 Å². The molecule has 1 fully saturated rings. The van der Waals surface area contributed by atoms with E-state index >= 15 is 0 Å². The van der Waals surface area contributed by atoms with Gasteiger partial charge in [-0.05, 0) is 35.4 Å². The smallest absolute Gasteiger partial charge is 0.250 e. The maximum Gasteiger partial charge on any atom is 0.250 e. The molecule has 0 spiro atoms. The first-order valence-corrected chi connectivity index (χ1v) is 11.4. The van der Waals surface area contributed by atoms with Gasteiger partial charge in [0.25, 0.3) is 0 Å². The van der Waals surface area contributed by atoms with Crippen LogP contribution in [-0.2, 0) is 4.74 Å². The molecule has 1 aromatic heterocycles. The van der Waals surface area contributed by atoms with Crippen LogP contribution in [0, 0.1) is 6.92 Å². The van der Waals surface area contributed by atoms with Crippen LogP contribution in [0.15, 0.2) is 65.8 Å². The van der Waals surface area contributed by atoms with E-state index in [4.69, 9.17) is 16.3 Å². The molecule has 1 aliphatic heterocycles. The van der Waals surface area contributed by atoms with Gasteiger partial charge in [-0.3, -0.25) is 0 Å². The van der Waals surface area contributed by atoms with Gasteiger partial charge in [0.2, 0.25) is 17.8 Å². The maximum atomic E-state index is 6.29. The Morgan fingerprint density at radius 1 is 0.971 bits per heavy atom. The zero-order chi connectivity index (χ0) is 23.3. The molecular formula is C25H24ClN7O. The molecule has 2 heterocycles. The van der Waals surface area contributed by atoms with Crippen LogP contribution in [0.5, 0.6) is 0 Å². The third-order valence-electron chi connectivity index (χ3n) is 5.54. The SMILES string of the molecule is Cc1ccc(Nc2nc(N/N=C/c3cccc4ccccc34)nc(N3CCOCC3)n2)cc1Cl. The number of anilines is 4. The quantitative estimate of drug-likeness (QED) is 0.300. The summed E-state index contributed by atoms with van der Waals surface area (Å²) >= 11 is 6.29. The van der Waals surface area contributed by atoms with Gasteiger partial charge in [0.1, 0.15) is 0 Å². The lowest BCUT2D eigenvalue weighted by atomic mass is 10.1. The van der Waals surface area contributed by atoms with E-state index in [0.717, 1.165) is 27.6 Å². The number of morpholine rings is 1. The molecule has 0 unspecified atom stereocenters. The minimum absolute atomic E-state index is 0.341. The normalized spacial score (nSPS) is 14.0. The number of aromatic nitrogens is 3. The van der Waals surface area contributed by atoms with Crippen molar-refractivity contribution in [2.45, 2.75) is 6.92 Å². The average Bonchev–Trinajstić information content (AvgIpc) is 2.87. The summed E-state index contributed by atoms with van der Waals surface area (Å²) in [5, 5.41) is 10.6. The molecule has 0 saturated carbocycles. The van der Waals surface area contributed by atoms with Gasteiger partial charge in [-0.15, -0.1) is 0 Å². The molecule has 8 nitrogen and oxygen atoms in total. The molecule has 3 aromatic carbocycles. The van der Waals surface area contributed by atoms with E-state index in [2.05, 4.69) is 53.9 Å². The van der Waals surface area contributed by atoms with Crippen molar-refractivity contribution in [3.63, 3.8) is 0 Å².